The highest BCUT2D eigenvalue weighted by Gasteiger charge is 2.24. The van der Waals surface area contributed by atoms with Gasteiger partial charge in [-0.05, 0) is 19.3 Å². The maximum atomic E-state index is 11.8. The van der Waals surface area contributed by atoms with Crippen LogP contribution in [0.2, 0.25) is 0 Å². The lowest BCUT2D eigenvalue weighted by molar-refractivity contribution is -0.146. The zero-order valence-corrected chi connectivity index (χ0v) is 10.2. The Hall–Kier alpha value is -1.06. The molecule has 0 saturated heterocycles. The van der Waals surface area contributed by atoms with E-state index in [9.17, 15) is 9.59 Å². The SMILES string of the molecule is CC(C)N(CC(=O)O)C(=O)CC(C)(C)C. The highest BCUT2D eigenvalue weighted by atomic mass is 16.4. The molecule has 0 spiro atoms. The minimum atomic E-state index is -0.967. The molecule has 88 valence electrons. The van der Waals surface area contributed by atoms with Crippen LogP contribution in [0.1, 0.15) is 41.0 Å². The maximum Gasteiger partial charge on any atom is 0.323 e. The predicted octanol–water partition coefficient (Wildman–Crippen LogP) is 1.74. The first kappa shape index (κ1) is 13.9. The Morgan fingerprint density at radius 2 is 1.73 bits per heavy atom. The van der Waals surface area contributed by atoms with Crippen LogP contribution in [0.3, 0.4) is 0 Å². The Labute approximate surface area is 91.3 Å². The molecular formula is C11H21NO3. The van der Waals surface area contributed by atoms with Crippen molar-refractivity contribution in [1.82, 2.24) is 4.90 Å². The first-order valence-electron chi connectivity index (χ1n) is 5.15. The summed E-state index contributed by atoms with van der Waals surface area (Å²) in [4.78, 5) is 23.8. The fourth-order valence-electron chi connectivity index (χ4n) is 1.26. The molecule has 0 rings (SSSR count). The molecule has 4 heteroatoms. The molecule has 0 aromatic rings. The number of carboxylic acid groups (broad SMARTS) is 1. The molecule has 0 aromatic heterocycles. The summed E-state index contributed by atoms with van der Waals surface area (Å²) in [6.07, 6.45) is 0.373. The van der Waals surface area contributed by atoms with E-state index in [1.165, 1.54) is 4.90 Å². The van der Waals surface area contributed by atoms with Crippen LogP contribution in [-0.4, -0.2) is 34.5 Å². The van der Waals surface area contributed by atoms with Crippen molar-refractivity contribution in [2.75, 3.05) is 6.54 Å². The van der Waals surface area contributed by atoms with Gasteiger partial charge in [0.05, 0.1) is 0 Å². The van der Waals surface area contributed by atoms with Gasteiger partial charge in [-0.3, -0.25) is 9.59 Å². The second kappa shape index (κ2) is 5.14. The summed E-state index contributed by atoms with van der Waals surface area (Å²) in [6, 6.07) is -0.0732. The average molecular weight is 215 g/mol. The Morgan fingerprint density at radius 1 is 1.27 bits per heavy atom. The summed E-state index contributed by atoms with van der Waals surface area (Å²) < 4.78 is 0. The summed E-state index contributed by atoms with van der Waals surface area (Å²) in [5.74, 6) is -1.06. The lowest BCUT2D eigenvalue weighted by Gasteiger charge is -2.28. The van der Waals surface area contributed by atoms with Crippen molar-refractivity contribution in [2.45, 2.75) is 47.1 Å². The number of carboxylic acids is 1. The minimum absolute atomic E-state index is 0.0732. The van der Waals surface area contributed by atoms with Gasteiger partial charge in [0.15, 0.2) is 0 Å². The lowest BCUT2D eigenvalue weighted by atomic mass is 9.91. The fraction of sp³-hybridized carbons (Fsp3) is 0.818. The maximum absolute atomic E-state index is 11.8. The number of carbonyl (C=O) groups excluding carboxylic acids is 1. The largest absolute Gasteiger partial charge is 0.480 e. The third-order valence-electron chi connectivity index (χ3n) is 1.93. The highest BCUT2D eigenvalue weighted by molar-refractivity contribution is 5.81. The predicted molar refractivity (Wildman–Crippen MR) is 58.6 cm³/mol. The van der Waals surface area contributed by atoms with Crippen LogP contribution >= 0.6 is 0 Å². The van der Waals surface area contributed by atoms with Gasteiger partial charge in [-0.1, -0.05) is 20.8 Å². The third kappa shape index (κ3) is 6.10. The van der Waals surface area contributed by atoms with Crippen molar-refractivity contribution < 1.29 is 14.7 Å². The highest BCUT2D eigenvalue weighted by Crippen LogP contribution is 2.20. The Kier molecular flexibility index (Phi) is 4.78. The second-order valence-electron chi connectivity index (χ2n) is 5.25. The molecule has 0 unspecified atom stereocenters. The van der Waals surface area contributed by atoms with Crippen LogP contribution in [0, 0.1) is 5.41 Å². The molecule has 0 bridgehead atoms. The van der Waals surface area contributed by atoms with Crippen LogP contribution < -0.4 is 0 Å². The van der Waals surface area contributed by atoms with Crippen molar-refractivity contribution >= 4 is 11.9 Å². The van der Waals surface area contributed by atoms with E-state index in [1.807, 2.05) is 34.6 Å². The Bertz CT molecular complexity index is 241. The second-order valence-corrected chi connectivity index (χ2v) is 5.25. The monoisotopic (exact) mass is 215 g/mol. The molecule has 1 N–H and O–H groups in total. The molecule has 0 saturated carbocycles. The first-order chi connectivity index (χ1) is 6.63. The number of aliphatic carboxylic acids is 1. The number of hydrogen-bond donors (Lipinski definition) is 1. The van der Waals surface area contributed by atoms with Gasteiger partial charge in [0.2, 0.25) is 5.91 Å². The summed E-state index contributed by atoms with van der Waals surface area (Å²) in [5, 5.41) is 8.69. The lowest BCUT2D eigenvalue weighted by Crippen LogP contribution is -2.42. The number of amides is 1. The molecule has 4 nitrogen and oxygen atoms in total. The minimum Gasteiger partial charge on any atom is -0.480 e. The number of carbonyl (C=O) groups is 2. The summed E-state index contributed by atoms with van der Waals surface area (Å²) in [7, 11) is 0. The summed E-state index contributed by atoms with van der Waals surface area (Å²) >= 11 is 0. The third-order valence-corrected chi connectivity index (χ3v) is 1.93. The van der Waals surface area contributed by atoms with Crippen LogP contribution in [-0.2, 0) is 9.59 Å². The number of nitrogens with zero attached hydrogens (tertiary/aromatic N) is 1. The van der Waals surface area contributed by atoms with E-state index < -0.39 is 5.97 Å². The van der Waals surface area contributed by atoms with E-state index >= 15 is 0 Å². The van der Waals surface area contributed by atoms with Gasteiger partial charge < -0.3 is 10.0 Å². The van der Waals surface area contributed by atoms with Crippen molar-refractivity contribution in [2.24, 2.45) is 5.41 Å². The van der Waals surface area contributed by atoms with E-state index in [0.29, 0.717) is 6.42 Å². The van der Waals surface area contributed by atoms with Gasteiger partial charge in [0.1, 0.15) is 6.54 Å². The molecule has 0 aromatic carbocycles. The average Bonchev–Trinajstić information content (AvgIpc) is 1.95. The van der Waals surface area contributed by atoms with Crippen LogP contribution in [0.4, 0.5) is 0 Å². The Morgan fingerprint density at radius 3 is 2.00 bits per heavy atom. The molecule has 1 amide bonds. The molecule has 0 heterocycles. The molecule has 0 atom stereocenters. The zero-order chi connectivity index (χ0) is 12.2. The molecular weight excluding hydrogens is 194 g/mol. The molecule has 15 heavy (non-hydrogen) atoms. The Balaban J connectivity index is 4.50. The normalized spacial score (nSPS) is 11.6. The fourth-order valence-corrected chi connectivity index (χ4v) is 1.26. The zero-order valence-electron chi connectivity index (χ0n) is 10.2. The standard InChI is InChI=1S/C11H21NO3/c1-8(2)12(7-10(14)15)9(13)6-11(3,4)5/h8H,6-7H2,1-5H3,(H,14,15). The van der Waals surface area contributed by atoms with E-state index in [4.69, 9.17) is 5.11 Å². The van der Waals surface area contributed by atoms with Gasteiger partial charge in [0, 0.05) is 12.5 Å². The molecule has 0 aliphatic heterocycles. The molecule has 0 aliphatic carbocycles. The van der Waals surface area contributed by atoms with Crippen molar-refractivity contribution in [3.8, 4) is 0 Å². The quantitative estimate of drug-likeness (QED) is 0.777. The van der Waals surface area contributed by atoms with Crippen molar-refractivity contribution in [3.63, 3.8) is 0 Å². The van der Waals surface area contributed by atoms with Crippen LogP contribution in [0.15, 0.2) is 0 Å². The molecule has 0 radical (unpaired) electrons. The van der Waals surface area contributed by atoms with Gasteiger partial charge in [-0.15, -0.1) is 0 Å². The van der Waals surface area contributed by atoms with Crippen LogP contribution in [0.25, 0.3) is 0 Å². The van der Waals surface area contributed by atoms with Gasteiger partial charge in [-0.25, -0.2) is 0 Å². The smallest absolute Gasteiger partial charge is 0.323 e. The van der Waals surface area contributed by atoms with Gasteiger partial charge >= 0.3 is 5.97 Å². The van der Waals surface area contributed by atoms with E-state index in [1.54, 1.807) is 0 Å². The summed E-state index contributed by atoms with van der Waals surface area (Å²) in [5.41, 5.74) is -0.108. The first-order valence-corrected chi connectivity index (χ1v) is 5.15. The van der Waals surface area contributed by atoms with E-state index in [-0.39, 0.29) is 23.9 Å². The number of hydrogen-bond acceptors (Lipinski definition) is 2. The van der Waals surface area contributed by atoms with Gasteiger partial charge in [0.25, 0.3) is 0 Å². The van der Waals surface area contributed by atoms with Gasteiger partial charge in [-0.2, -0.15) is 0 Å². The van der Waals surface area contributed by atoms with E-state index in [0.717, 1.165) is 0 Å². The summed E-state index contributed by atoms with van der Waals surface area (Å²) in [6.45, 7) is 9.32. The molecule has 0 aliphatic rings. The topological polar surface area (TPSA) is 57.6 Å². The van der Waals surface area contributed by atoms with E-state index in [2.05, 4.69) is 0 Å². The molecule has 0 fully saturated rings. The number of rotatable bonds is 4. The van der Waals surface area contributed by atoms with Crippen molar-refractivity contribution in [3.05, 3.63) is 0 Å². The van der Waals surface area contributed by atoms with Crippen LogP contribution in [0.5, 0.6) is 0 Å². The van der Waals surface area contributed by atoms with Crippen molar-refractivity contribution in [1.29, 1.82) is 0 Å².